The Morgan fingerprint density at radius 3 is 1.50 bits per heavy atom. The molecule has 0 saturated heterocycles. The van der Waals surface area contributed by atoms with E-state index < -0.39 is 0 Å². The van der Waals surface area contributed by atoms with Gasteiger partial charge in [0.05, 0.1) is 19.8 Å². The van der Waals surface area contributed by atoms with Gasteiger partial charge < -0.3 is 9.47 Å². The molecule has 0 aliphatic heterocycles. The van der Waals surface area contributed by atoms with E-state index in [1.165, 1.54) is 33.4 Å². The number of benzene rings is 2. The third kappa shape index (κ3) is 8.21. The van der Waals surface area contributed by atoms with Crippen molar-refractivity contribution in [3.05, 3.63) is 82.6 Å². The van der Waals surface area contributed by atoms with Gasteiger partial charge in [-0.2, -0.15) is 49.2 Å². The molecule has 0 amide bonds. The van der Waals surface area contributed by atoms with Crippen LogP contribution >= 0.6 is 0 Å². The molecule has 0 saturated carbocycles. The van der Waals surface area contributed by atoms with E-state index in [0.717, 1.165) is 30.6 Å². The third-order valence-corrected chi connectivity index (χ3v) is 4.87. The van der Waals surface area contributed by atoms with Crippen LogP contribution in [0.3, 0.4) is 0 Å². The molecule has 0 heterocycles. The van der Waals surface area contributed by atoms with Gasteiger partial charge in [-0.1, -0.05) is 41.7 Å². The number of aryl methyl sites for hydroxylation is 1. The summed E-state index contributed by atoms with van der Waals surface area (Å²) >= 11 is 0. The Kier molecular flexibility index (Phi) is 14.5. The van der Waals surface area contributed by atoms with Crippen LogP contribution < -0.4 is 0 Å². The monoisotopic (exact) mass is 530 g/mol. The average Bonchev–Trinajstić information content (AvgIpc) is 2.61. The zero-order chi connectivity index (χ0) is 19.1. The van der Waals surface area contributed by atoms with Gasteiger partial charge >= 0.3 is 0 Å². The van der Waals surface area contributed by atoms with Crippen molar-refractivity contribution in [1.29, 1.82) is 0 Å². The Bertz CT molecular complexity index is 742. The predicted octanol–water partition coefficient (Wildman–Crippen LogP) is 5.87. The van der Waals surface area contributed by atoms with Crippen molar-refractivity contribution >= 4 is 0 Å². The van der Waals surface area contributed by atoms with Gasteiger partial charge in [-0.05, 0) is 26.7 Å². The largest absolute Gasteiger partial charge is 0.378 e. The molecule has 0 aromatic heterocycles. The normalized spacial score (nSPS) is 10.3. The van der Waals surface area contributed by atoms with Gasteiger partial charge in [-0.15, -0.1) is 5.56 Å². The maximum atomic E-state index is 6.06. The minimum Gasteiger partial charge on any atom is -0.378 e. The summed E-state index contributed by atoms with van der Waals surface area (Å²) in [6, 6.07) is 8.51. The molecule has 28 heavy (non-hydrogen) atoms. The Morgan fingerprint density at radius 1 is 0.679 bits per heavy atom. The first-order valence-electron chi connectivity index (χ1n) is 9.50. The average molecular weight is 530 g/mol. The Balaban J connectivity index is 0.00000364. The molecule has 0 aliphatic carbocycles. The first-order chi connectivity index (χ1) is 12.5. The van der Waals surface area contributed by atoms with Crippen molar-refractivity contribution in [2.45, 2.75) is 60.4 Å². The summed E-state index contributed by atoms with van der Waals surface area (Å²) in [4.78, 5) is 0. The predicted molar refractivity (Wildman–Crippen MR) is 109 cm³/mol. The molecule has 0 N–H and O–H groups in total. The number of hydrogen-bond donors (Lipinski definition) is 0. The first kappa shape index (κ1) is 28.3. The van der Waals surface area contributed by atoms with Gasteiger partial charge in [0.2, 0.25) is 0 Å². The van der Waals surface area contributed by atoms with Crippen LogP contribution in [0.1, 0.15) is 64.8 Å². The van der Waals surface area contributed by atoms with E-state index >= 15 is 0 Å². The summed E-state index contributed by atoms with van der Waals surface area (Å²) in [5, 5.41) is 0. The van der Waals surface area contributed by atoms with Crippen molar-refractivity contribution in [2.24, 2.45) is 0 Å². The zero-order valence-electron chi connectivity index (χ0n) is 17.9. The fraction of sp³-hybridized carbons (Fsp3) is 0.417. The van der Waals surface area contributed by atoms with Gasteiger partial charge in [-0.3, -0.25) is 0 Å². The van der Waals surface area contributed by atoms with E-state index in [0.29, 0.717) is 19.8 Å². The molecule has 2 rings (SSSR count). The van der Waals surface area contributed by atoms with E-state index in [-0.39, 0.29) is 65.4 Å². The molecule has 0 spiro atoms. The van der Waals surface area contributed by atoms with Crippen LogP contribution in [-0.4, -0.2) is 6.61 Å². The fourth-order valence-corrected chi connectivity index (χ4v) is 3.24. The van der Waals surface area contributed by atoms with Crippen LogP contribution in [0.2, 0.25) is 0 Å². The summed E-state index contributed by atoms with van der Waals surface area (Å²) < 4.78 is 11.8. The van der Waals surface area contributed by atoms with Crippen LogP contribution in [-0.2, 0) is 101 Å². The van der Waals surface area contributed by atoms with Crippen LogP contribution in [0, 0.1) is 27.7 Å². The van der Waals surface area contributed by atoms with Crippen LogP contribution in [0.15, 0.2) is 24.3 Å². The van der Waals surface area contributed by atoms with Crippen molar-refractivity contribution in [2.75, 3.05) is 6.61 Å². The summed E-state index contributed by atoms with van der Waals surface area (Å²) in [5.74, 6) is 0. The van der Waals surface area contributed by atoms with E-state index in [9.17, 15) is 0 Å². The minimum absolute atomic E-state index is 0. The minimum atomic E-state index is 0. The molecule has 0 fully saturated rings. The zero-order valence-corrected chi connectivity index (χ0v) is 23.6. The van der Waals surface area contributed by atoms with Gasteiger partial charge in [0.1, 0.15) is 0 Å². The van der Waals surface area contributed by atoms with Crippen LogP contribution in [0.4, 0.5) is 0 Å². The van der Waals surface area contributed by atoms with Crippen molar-refractivity contribution in [1.82, 2.24) is 0 Å². The van der Waals surface area contributed by atoms with E-state index in [4.69, 9.17) is 9.47 Å². The summed E-state index contributed by atoms with van der Waals surface area (Å²) in [7, 11) is 0. The quantitative estimate of drug-likeness (QED) is 0.299. The summed E-state index contributed by atoms with van der Waals surface area (Å²) in [6.07, 6.45) is 2.05. The number of ether oxygens (including phenoxy) is 2. The van der Waals surface area contributed by atoms with Crippen LogP contribution in [0.5, 0.6) is 0 Å². The number of hydrogen-bond acceptors (Lipinski definition) is 2. The molecular formula is C24H32O2Y2-2. The SMILES string of the molecule is [CH2-]c1cc(CC)c(C)c(COCc2cc([CH2-])cc(COCCC)c2C)c1.[Y].[Y]. The van der Waals surface area contributed by atoms with Crippen molar-refractivity contribution in [3.63, 3.8) is 0 Å². The molecule has 148 valence electrons. The molecule has 0 bridgehead atoms. The van der Waals surface area contributed by atoms with Gasteiger partial charge in [0, 0.05) is 72.0 Å². The molecule has 4 heteroatoms. The van der Waals surface area contributed by atoms with Gasteiger partial charge in [0.25, 0.3) is 0 Å². The van der Waals surface area contributed by atoms with Crippen LogP contribution in [0.25, 0.3) is 0 Å². The van der Waals surface area contributed by atoms with Gasteiger partial charge in [-0.25, -0.2) is 0 Å². The molecule has 0 unspecified atom stereocenters. The standard InChI is InChI=1S/C24H32O2.2Y/c1-7-9-25-14-22-12-18(4)13-24(20(22)6)16-26-15-23-11-17(3)10-21(8-2)19(23)5;;/h10-13H,3-4,7-9,14-16H2,1-2,5-6H3;;/q-2;;. The third-order valence-electron chi connectivity index (χ3n) is 4.87. The smallest absolute Gasteiger partial charge is 0.0612 e. The summed E-state index contributed by atoms with van der Waals surface area (Å²) in [5.41, 5.74) is 9.58. The maximum Gasteiger partial charge on any atom is 0.0612 e. The molecule has 2 aromatic rings. The van der Waals surface area contributed by atoms with Crippen molar-refractivity contribution < 1.29 is 74.9 Å². The fourth-order valence-electron chi connectivity index (χ4n) is 3.24. The summed E-state index contributed by atoms with van der Waals surface area (Å²) in [6.45, 7) is 19.4. The second-order valence-corrected chi connectivity index (χ2v) is 6.98. The molecule has 2 aromatic carbocycles. The second kappa shape index (κ2) is 14.3. The van der Waals surface area contributed by atoms with E-state index in [1.807, 2.05) is 0 Å². The molecular weight excluding hydrogens is 498 g/mol. The number of rotatable bonds is 9. The Labute approximate surface area is 222 Å². The molecule has 2 nitrogen and oxygen atoms in total. The Morgan fingerprint density at radius 2 is 1.07 bits per heavy atom. The Hall–Kier alpha value is 0.308. The molecule has 0 aliphatic rings. The van der Waals surface area contributed by atoms with Gasteiger partial charge in [0.15, 0.2) is 0 Å². The van der Waals surface area contributed by atoms with Crippen molar-refractivity contribution in [3.8, 4) is 0 Å². The second-order valence-electron chi connectivity index (χ2n) is 6.98. The molecule has 0 atom stereocenters. The topological polar surface area (TPSA) is 18.5 Å². The molecule has 2 radical (unpaired) electrons. The van der Waals surface area contributed by atoms with E-state index in [1.54, 1.807) is 0 Å². The van der Waals surface area contributed by atoms with E-state index in [2.05, 4.69) is 65.8 Å². The first-order valence-corrected chi connectivity index (χ1v) is 9.50. The maximum absolute atomic E-state index is 6.06.